The van der Waals surface area contributed by atoms with Crippen LogP contribution < -0.4 is 18.9 Å². The van der Waals surface area contributed by atoms with Crippen LogP contribution in [0.5, 0.6) is 23.0 Å². The van der Waals surface area contributed by atoms with Gasteiger partial charge in [0.05, 0.1) is 26.4 Å². The molecule has 1 aliphatic carbocycles. The highest BCUT2D eigenvalue weighted by molar-refractivity contribution is 5.56. The minimum atomic E-state index is 0.458. The van der Waals surface area contributed by atoms with Crippen molar-refractivity contribution < 1.29 is 18.9 Å². The van der Waals surface area contributed by atoms with Gasteiger partial charge in [-0.3, -0.25) is 0 Å². The Hall–Kier alpha value is -3.92. The SMILES string of the molecule is CCC(C)COc1c2cccc1Cc1cccc(c1OC[C@@H](C)CC)Cc1cccc(c1OC[C@@H](C)CC)Cc1cccc(c1OC[C@@H](C)CC)C2. The molecule has 4 atom stereocenters. The van der Waals surface area contributed by atoms with Crippen molar-refractivity contribution in [3.63, 3.8) is 0 Å². The Labute approximate surface area is 315 Å². The van der Waals surface area contributed by atoms with Crippen molar-refractivity contribution in [1.29, 1.82) is 0 Å². The molecule has 0 N–H and O–H groups in total. The minimum absolute atomic E-state index is 0.458. The molecule has 0 heterocycles. The highest BCUT2D eigenvalue weighted by atomic mass is 16.5. The normalized spacial score (nSPS) is 14.9. The molecular weight excluding hydrogens is 641 g/mol. The lowest BCUT2D eigenvalue weighted by Crippen LogP contribution is -2.14. The third kappa shape index (κ3) is 10.1. The smallest absolute Gasteiger partial charge is 0.126 e. The fourth-order valence-electron chi connectivity index (χ4n) is 6.60. The van der Waals surface area contributed by atoms with E-state index in [0.29, 0.717) is 50.1 Å². The van der Waals surface area contributed by atoms with E-state index >= 15 is 0 Å². The standard InChI is InChI=1S/C48H64O4/c1-9-33(5)29-49-45-37-17-13-18-38(45)26-40-20-15-22-42(47(40)51-31-35(7)11-3)28-44-24-16-23-43(48(44)52-32-36(8)12-4)27-41-21-14-19-39(25-37)46(41)50-30-34(6)10-2/h13-24,33-36H,9-12,25-32H2,1-8H3/t33-,34-,35-,36?/m0/s1. The summed E-state index contributed by atoms with van der Waals surface area (Å²) in [6.45, 7) is 20.8. The summed E-state index contributed by atoms with van der Waals surface area (Å²) in [5, 5.41) is 0. The van der Waals surface area contributed by atoms with Gasteiger partial charge in [-0.15, -0.1) is 0 Å². The van der Waals surface area contributed by atoms with Gasteiger partial charge in [-0.05, 0) is 68.2 Å². The van der Waals surface area contributed by atoms with Crippen LogP contribution in [0.15, 0.2) is 72.8 Å². The second-order valence-corrected chi connectivity index (χ2v) is 15.6. The van der Waals surface area contributed by atoms with Crippen molar-refractivity contribution in [3.05, 3.63) is 117 Å². The minimum Gasteiger partial charge on any atom is -0.493 e. The van der Waals surface area contributed by atoms with Crippen LogP contribution in [-0.4, -0.2) is 26.4 Å². The van der Waals surface area contributed by atoms with Gasteiger partial charge in [0.1, 0.15) is 23.0 Å². The van der Waals surface area contributed by atoms with Crippen molar-refractivity contribution in [1.82, 2.24) is 0 Å². The molecule has 0 amide bonds. The van der Waals surface area contributed by atoms with Crippen LogP contribution in [0.25, 0.3) is 0 Å². The summed E-state index contributed by atoms with van der Waals surface area (Å²) in [4.78, 5) is 0. The van der Waals surface area contributed by atoms with Crippen molar-refractivity contribution >= 4 is 0 Å². The van der Waals surface area contributed by atoms with Gasteiger partial charge in [0.25, 0.3) is 0 Å². The molecule has 0 aromatic heterocycles. The number of fused-ring (bicyclic) bond motifs is 8. The lowest BCUT2D eigenvalue weighted by atomic mass is 9.91. The molecule has 1 unspecified atom stereocenters. The number of benzene rings is 4. The first kappa shape index (κ1) is 39.3. The van der Waals surface area contributed by atoms with Crippen molar-refractivity contribution in [2.45, 2.75) is 107 Å². The number of rotatable bonds is 16. The van der Waals surface area contributed by atoms with E-state index in [1.165, 1.54) is 44.5 Å². The monoisotopic (exact) mass is 704 g/mol. The molecule has 4 aromatic carbocycles. The molecule has 5 rings (SSSR count). The third-order valence-electron chi connectivity index (χ3n) is 11.1. The topological polar surface area (TPSA) is 36.9 Å². The summed E-state index contributed by atoms with van der Waals surface area (Å²) in [6, 6.07) is 26.7. The number of para-hydroxylation sites is 4. The summed E-state index contributed by atoms with van der Waals surface area (Å²) in [6.07, 6.45) is 7.20. The van der Waals surface area contributed by atoms with E-state index in [9.17, 15) is 0 Å². The van der Waals surface area contributed by atoms with Crippen LogP contribution in [0.4, 0.5) is 0 Å². The Morgan fingerprint density at radius 1 is 0.346 bits per heavy atom. The highest BCUT2D eigenvalue weighted by Gasteiger charge is 2.22. The maximum Gasteiger partial charge on any atom is 0.126 e. The van der Waals surface area contributed by atoms with E-state index in [4.69, 9.17) is 18.9 Å². The molecule has 0 fully saturated rings. The largest absolute Gasteiger partial charge is 0.493 e. The van der Waals surface area contributed by atoms with Gasteiger partial charge < -0.3 is 18.9 Å². The zero-order valence-electron chi connectivity index (χ0n) is 33.4. The predicted molar refractivity (Wildman–Crippen MR) is 217 cm³/mol. The van der Waals surface area contributed by atoms with E-state index in [1.54, 1.807) is 0 Å². The van der Waals surface area contributed by atoms with Crippen LogP contribution in [0.3, 0.4) is 0 Å². The first-order valence-electron chi connectivity index (χ1n) is 20.2. The first-order valence-corrected chi connectivity index (χ1v) is 20.2. The summed E-state index contributed by atoms with van der Waals surface area (Å²) in [7, 11) is 0. The van der Waals surface area contributed by atoms with Gasteiger partial charge in [0, 0.05) is 25.7 Å². The maximum absolute atomic E-state index is 6.83. The summed E-state index contributed by atoms with van der Waals surface area (Å²) in [5.41, 5.74) is 9.53. The average molecular weight is 705 g/mol. The quantitative estimate of drug-likeness (QED) is 0.102. The Balaban J connectivity index is 1.73. The maximum atomic E-state index is 6.83. The molecule has 1 aliphatic rings. The molecule has 0 saturated heterocycles. The van der Waals surface area contributed by atoms with E-state index in [2.05, 4.69) is 128 Å². The van der Waals surface area contributed by atoms with E-state index in [-0.39, 0.29) is 0 Å². The Bertz CT molecular complexity index is 1390. The van der Waals surface area contributed by atoms with E-state index in [1.807, 2.05) is 0 Å². The van der Waals surface area contributed by atoms with Crippen molar-refractivity contribution in [2.75, 3.05) is 26.4 Å². The zero-order valence-corrected chi connectivity index (χ0v) is 33.4. The summed E-state index contributed by atoms with van der Waals surface area (Å²) in [5.74, 6) is 5.82. The third-order valence-corrected chi connectivity index (χ3v) is 11.1. The lowest BCUT2D eigenvalue weighted by Gasteiger charge is -2.24. The molecule has 0 saturated carbocycles. The van der Waals surface area contributed by atoms with Gasteiger partial charge in [0.2, 0.25) is 0 Å². The molecule has 280 valence electrons. The van der Waals surface area contributed by atoms with Crippen LogP contribution in [-0.2, 0) is 25.7 Å². The van der Waals surface area contributed by atoms with Crippen molar-refractivity contribution in [3.8, 4) is 23.0 Å². The molecule has 4 heteroatoms. The van der Waals surface area contributed by atoms with Crippen LogP contribution in [0.1, 0.15) is 126 Å². The molecule has 4 nitrogen and oxygen atoms in total. The van der Waals surface area contributed by atoms with E-state index in [0.717, 1.165) is 74.4 Å². The number of hydrogen-bond acceptors (Lipinski definition) is 4. The van der Waals surface area contributed by atoms with Crippen LogP contribution in [0, 0.1) is 23.7 Å². The van der Waals surface area contributed by atoms with Gasteiger partial charge >= 0.3 is 0 Å². The number of hydrogen-bond donors (Lipinski definition) is 0. The molecule has 0 spiro atoms. The molecule has 0 radical (unpaired) electrons. The average Bonchev–Trinajstić information content (AvgIpc) is 3.15. The summed E-state index contributed by atoms with van der Waals surface area (Å²) < 4.78 is 27.3. The molecule has 8 bridgehead atoms. The van der Waals surface area contributed by atoms with Gasteiger partial charge in [-0.2, -0.15) is 0 Å². The fourth-order valence-corrected chi connectivity index (χ4v) is 6.60. The Morgan fingerprint density at radius 2 is 0.519 bits per heavy atom. The molecular formula is C48H64O4. The summed E-state index contributed by atoms with van der Waals surface area (Å²) >= 11 is 0. The second-order valence-electron chi connectivity index (χ2n) is 15.6. The number of ether oxygens (including phenoxy) is 4. The fraction of sp³-hybridized carbons (Fsp3) is 0.500. The lowest BCUT2D eigenvalue weighted by molar-refractivity contribution is 0.247. The highest BCUT2D eigenvalue weighted by Crippen LogP contribution is 2.39. The van der Waals surface area contributed by atoms with Crippen molar-refractivity contribution in [2.24, 2.45) is 23.7 Å². The van der Waals surface area contributed by atoms with Gasteiger partial charge in [-0.25, -0.2) is 0 Å². The molecule has 52 heavy (non-hydrogen) atoms. The molecule has 0 aliphatic heterocycles. The first-order chi connectivity index (χ1) is 25.2. The van der Waals surface area contributed by atoms with Gasteiger partial charge in [-0.1, -0.05) is 154 Å². The zero-order chi connectivity index (χ0) is 37.0. The van der Waals surface area contributed by atoms with E-state index < -0.39 is 0 Å². The second kappa shape index (κ2) is 19.2. The van der Waals surface area contributed by atoms with Crippen LogP contribution >= 0.6 is 0 Å². The molecule has 4 aromatic rings. The van der Waals surface area contributed by atoms with Crippen LogP contribution in [0.2, 0.25) is 0 Å². The van der Waals surface area contributed by atoms with Gasteiger partial charge in [0.15, 0.2) is 0 Å². The Morgan fingerprint density at radius 3 is 0.673 bits per heavy atom. The Kier molecular flexibility index (Phi) is 14.5. The predicted octanol–water partition coefficient (Wildman–Crippen LogP) is 12.1.